The summed E-state index contributed by atoms with van der Waals surface area (Å²) in [6.45, 7) is 2.53. The van der Waals surface area contributed by atoms with Crippen molar-refractivity contribution in [3.05, 3.63) is 59.5 Å². The van der Waals surface area contributed by atoms with Gasteiger partial charge in [0.15, 0.2) is 11.5 Å². The molecule has 2 aromatic heterocycles. The maximum absolute atomic E-state index is 12.7. The second-order valence-corrected chi connectivity index (χ2v) is 5.88. The molecule has 2 heterocycles. The molecule has 0 aliphatic rings. The molecule has 0 fully saturated rings. The lowest BCUT2D eigenvalue weighted by Gasteiger charge is -2.10. The quantitative estimate of drug-likeness (QED) is 0.709. The zero-order valence-corrected chi connectivity index (χ0v) is 15.3. The third-order valence-electron chi connectivity index (χ3n) is 4.30. The molecular weight excluding hydrogens is 330 g/mol. The van der Waals surface area contributed by atoms with E-state index in [1.54, 1.807) is 14.2 Å². The van der Waals surface area contributed by atoms with E-state index in [2.05, 4.69) is 10.3 Å². The fraction of sp³-hybridized carbons (Fsp3) is 0.300. The van der Waals surface area contributed by atoms with Crippen LogP contribution in [0.25, 0.3) is 5.65 Å². The van der Waals surface area contributed by atoms with Gasteiger partial charge in [-0.05, 0) is 42.7 Å². The van der Waals surface area contributed by atoms with Crippen molar-refractivity contribution in [2.45, 2.75) is 19.8 Å². The standard InChI is InChI=1S/C20H23N3O3/c1-4-15-19(23-12-6-5-7-18(23)22-15)20(24)21-11-10-14-8-9-16(25-2)17(13-14)26-3/h5-9,12-13H,4,10-11H2,1-3H3,(H,21,24). The Labute approximate surface area is 152 Å². The Balaban J connectivity index is 1.70. The van der Waals surface area contributed by atoms with Gasteiger partial charge in [-0.3, -0.25) is 9.20 Å². The first-order chi connectivity index (χ1) is 12.7. The van der Waals surface area contributed by atoms with Crippen LogP contribution < -0.4 is 14.8 Å². The highest BCUT2D eigenvalue weighted by molar-refractivity contribution is 5.94. The van der Waals surface area contributed by atoms with Gasteiger partial charge in [0.05, 0.1) is 19.9 Å². The van der Waals surface area contributed by atoms with E-state index in [1.165, 1.54) is 0 Å². The molecule has 0 bridgehead atoms. The summed E-state index contributed by atoms with van der Waals surface area (Å²) < 4.78 is 12.4. The predicted octanol–water partition coefficient (Wildman–Crippen LogP) is 2.89. The summed E-state index contributed by atoms with van der Waals surface area (Å²) >= 11 is 0. The summed E-state index contributed by atoms with van der Waals surface area (Å²) in [6.07, 6.45) is 3.27. The smallest absolute Gasteiger partial charge is 0.270 e. The van der Waals surface area contributed by atoms with Gasteiger partial charge in [-0.2, -0.15) is 0 Å². The molecule has 0 spiro atoms. The zero-order chi connectivity index (χ0) is 18.5. The molecule has 6 heteroatoms. The molecule has 3 rings (SSSR count). The lowest BCUT2D eigenvalue weighted by atomic mass is 10.1. The number of methoxy groups -OCH3 is 2. The number of imidazole rings is 1. The van der Waals surface area contributed by atoms with Gasteiger partial charge in [-0.1, -0.05) is 19.1 Å². The van der Waals surface area contributed by atoms with Crippen LogP contribution in [0.1, 0.15) is 28.7 Å². The molecule has 1 amide bonds. The molecule has 1 N–H and O–H groups in total. The molecule has 0 saturated heterocycles. The third kappa shape index (κ3) is 3.49. The van der Waals surface area contributed by atoms with Gasteiger partial charge in [0.2, 0.25) is 0 Å². The van der Waals surface area contributed by atoms with Crippen LogP contribution in [0.3, 0.4) is 0 Å². The molecule has 0 radical (unpaired) electrons. The van der Waals surface area contributed by atoms with Crippen LogP contribution in [0.15, 0.2) is 42.6 Å². The summed E-state index contributed by atoms with van der Waals surface area (Å²) in [5.41, 5.74) is 3.27. The number of rotatable bonds is 7. The SMILES string of the molecule is CCc1nc2ccccn2c1C(=O)NCCc1ccc(OC)c(OC)c1. The number of hydrogen-bond donors (Lipinski definition) is 1. The Bertz CT molecular complexity index is 918. The van der Waals surface area contributed by atoms with Crippen LogP contribution in [-0.2, 0) is 12.8 Å². The van der Waals surface area contributed by atoms with Gasteiger partial charge in [-0.15, -0.1) is 0 Å². The van der Waals surface area contributed by atoms with Gasteiger partial charge in [0.25, 0.3) is 5.91 Å². The predicted molar refractivity (Wildman–Crippen MR) is 100 cm³/mol. The number of aromatic nitrogens is 2. The summed E-state index contributed by atoms with van der Waals surface area (Å²) in [5.74, 6) is 1.27. The lowest BCUT2D eigenvalue weighted by molar-refractivity contribution is 0.0947. The van der Waals surface area contributed by atoms with E-state index in [0.29, 0.717) is 36.6 Å². The van der Waals surface area contributed by atoms with Crippen molar-refractivity contribution in [2.75, 3.05) is 20.8 Å². The molecule has 136 valence electrons. The average molecular weight is 353 g/mol. The minimum Gasteiger partial charge on any atom is -0.493 e. The molecule has 0 unspecified atom stereocenters. The van der Waals surface area contributed by atoms with Crippen LogP contribution >= 0.6 is 0 Å². The number of carbonyl (C=O) groups excluding carboxylic acids is 1. The fourth-order valence-corrected chi connectivity index (χ4v) is 2.97. The Morgan fingerprint density at radius 2 is 1.96 bits per heavy atom. The number of nitrogens with zero attached hydrogens (tertiary/aromatic N) is 2. The molecule has 0 atom stereocenters. The second-order valence-electron chi connectivity index (χ2n) is 5.88. The lowest BCUT2D eigenvalue weighted by Crippen LogP contribution is -2.27. The Hall–Kier alpha value is -3.02. The Morgan fingerprint density at radius 3 is 2.69 bits per heavy atom. The van der Waals surface area contributed by atoms with Gasteiger partial charge < -0.3 is 14.8 Å². The van der Waals surface area contributed by atoms with Crippen molar-refractivity contribution in [1.82, 2.24) is 14.7 Å². The zero-order valence-electron chi connectivity index (χ0n) is 15.3. The Kier molecular flexibility index (Phi) is 5.41. The number of pyridine rings is 1. The molecule has 26 heavy (non-hydrogen) atoms. The van der Waals surface area contributed by atoms with Gasteiger partial charge in [0, 0.05) is 12.7 Å². The van der Waals surface area contributed by atoms with Crippen LogP contribution in [0, 0.1) is 0 Å². The minimum atomic E-state index is -0.110. The summed E-state index contributed by atoms with van der Waals surface area (Å²) in [4.78, 5) is 17.2. The first kappa shape index (κ1) is 17.8. The molecule has 0 saturated carbocycles. The first-order valence-corrected chi connectivity index (χ1v) is 8.63. The van der Waals surface area contributed by atoms with E-state index in [0.717, 1.165) is 16.9 Å². The van der Waals surface area contributed by atoms with E-state index in [1.807, 2.05) is 53.9 Å². The number of benzene rings is 1. The van der Waals surface area contributed by atoms with E-state index >= 15 is 0 Å². The first-order valence-electron chi connectivity index (χ1n) is 8.63. The highest BCUT2D eigenvalue weighted by Gasteiger charge is 2.17. The normalized spacial score (nSPS) is 10.7. The Morgan fingerprint density at radius 1 is 1.15 bits per heavy atom. The van der Waals surface area contributed by atoms with E-state index in [-0.39, 0.29) is 5.91 Å². The number of fused-ring (bicyclic) bond motifs is 1. The summed E-state index contributed by atoms with van der Waals surface area (Å²) in [5, 5.41) is 2.99. The largest absolute Gasteiger partial charge is 0.493 e. The van der Waals surface area contributed by atoms with Crippen molar-refractivity contribution in [3.8, 4) is 11.5 Å². The van der Waals surface area contributed by atoms with Crippen LogP contribution in [0.2, 0.25) is 0 Å². The molecule has 0 aliphatic heterocycles. The van der Waals surface area contributed by atoms with Crippen LogP contribution in [-0.4, -0.2) is 36.1 Å². The topological polar surface area (TPSA) is 64.9 Å². The highest BCUT2D eigenvalue weighted by atomic mass is 16.5. The van der Waals surface area contributed by atoms with E-state index in [4.69, 9.17) is 9.47 Å². The van der Waals surface area contributed by atoms with Crippen molar-refractivity contribution in [2.24, 2.45) is 0 Å². The third-order valence-corrected chi connectivity index (χ3v) is 4.30. The maximum atomic E-state index is 12.7. The number of amides is 1. The average Bonchev–Trinajstić information content (AvgIpc) is 3.06. The summed E-state index contributed by atoms with van der Waals surface area (Å²) in [6, 6.07) is 11.5. The number of nitrogens with one attached hydrogen (secondary N) is 1. The molecular formula is C20H23N3O3. The summed E-state index contributed by atoms with van der Waals surface area (Å²) in [7, 11) is 3.22. The molecule has 3 aromatic rings. The minimum absolute atomic E-state index is 0.110. The molecule has 1 aromatic carbocycles. The van der Waals surface area contributed by atoms with Crippen LogP contribution in [0.4, 0.5) is 0 Å². The van der Waals surface area contributed by atoms with Gasteiger partial charge in [-0.25, -0.2) is 4.98 Å². The second kappa shape index (κ2) is 7.91. The maximum Gasteiger partial charge on any atom is 0.270 e. The van der Waals surface area contributed by atoms with Crippen LogP contribution in [0.5, 0.6) is 11.5 Å². The molecule has 0 aliphatic carbocycles. The number of ether oxygens (including phenoxy) is 2. The van der Waals surface area contributed by atoms with Crippen molar-refractivity contribution >= 4 is 11.6 Å². The molecule has 6 nitrogen and oxygen atoms in total. The van der Waals surface area contributed by atoms with Crippen molar-refractivity contribution in [3.63, 3.8) is 0 Å². The van der Waals surface area contributed by atoms with E-state index < -0.39 is 0 Å². The van der Waals surface area contributed by atoms with E-state index in [9.17, 15) is 4.79 Å². The monoisotopic (exact) mass is 353 g/mol. The van der Waals surface area contributed by atoms with Crippen molar-refractivity contribution < 1.29 is 14.3 Å². The van der Waals surface area contributed by atoms with Crippen molar-refractivity contribution in [1.29, 1.82) is 0 Å². The van der Waals surface area contributed by atoms with Gasteiger partial charge in [0.1, 0.15) is 11.3 Å². The van der Waals surface area contributed by atoms with Gasteiger partial charge >= 0.3 is 0 Å². The number of aryl methyl sites for hydroxylation is 1. The number of carbonyl (C=O) groups is 1. The highest BCUT2D eigenvalue weighted by Crippen LogP contribution is 2.27. The number of hydrogen-bond acceptors (Lipinski definition) is 4. The fourth-order valence-electron chi connectivity index (χ4n) is 2.97.